The molecule has 0 aromatic carbocycles. The van der Waals surface area contributed by atoms with E-state index in [1.165, 1.54) is 12.8 Å². The fourth-order valence-corrected chi connectivity index (χ4v) is 2.61. The van der Waals surface area contributed by atoms with Crippen molar-refractivity contribution in [1.82, 2.24) is 10.6 Å². The van der Waals surface area contributed by atoms with Crippen LogP contribution in [-0.2, 0) is 4.79 Å². The third-order valence-electron chi connectivity index (χ3n) is 3.75. The van der Waals surface area contributed by atoms with Gasteiger partial charge >= 0.3 is 0 Å². The van der Waals surface area contributed by atoms with Gasteiger partial charge in [-0.1, -0.05) is 33.1 Å². The maximum atomic E-state index is 12.2. The molecule has 1 heterocycles. The molecule has 3 heteroatoms. The number of unbranched alkanes of at least 4 members (excludes halogenated alkanes) is 1. The number of carbonyl (C=O) groups excluding carboxylic acids is 1. The Kier molecular flexibility index (Phi) is 6.56. The van der Waals surface area contributed by atoms with Crippen molar-refractivity contribution in [3.05, 3.63) is 0 Å². The number of amides is 1. The predicted molar refractivity (Wildman–Crippen MR) is 71.9 cm³/mol. The van der Waals surface area contributed by atoms with Crippen LogP contribution in [0.2, 0.25) is 0 Å². The number of hydrogen-bond acceptors (Lipinski definition) is 2. The van der Waals surface area contributed by atoms with E-state index in [0.717, 1.165) is 32.2 Å². The van der Waals surface area contributed by atoms with Crippen LogP contribution in [0.25, 0.3) is 0 Å². The minimum atomic E-state index is 0.177. The molecule has 0 spiro atoms. The number of carbonyl (C=O) groups is 1. The summed E-state index contributed by atoms with van der Waals surface area (Å²) in [7, 11) is 0. The maximum Gasteiger partial charge on any atom is 0.224 e. The van der Waals surface area contributed by atoms with Gasteiger partial charge in [-0.2, -0.15) is 0 Å². The molecule has 0 bridgehead atoms. The van der Waals surface area contributed by atoms with Gasteiger partial charge in [0.05, 0.1) is 5.92 Å². The minimum absolute atomic E-state index is 0.177. The van der Waals surface area contributed by atoms with E-state index in [9.17, 15) is 4.79 Å². The van der Waals surface area contributed by atoms with Gasteiger partial charge in [-0.25, -0.2) is 0 Å². The van der Waals surface area contributed by atoms with Crippen LogP contribution in [0.5, 0.6) is 0 Å². The quantitative estimate of drug-likeness (QED) is 0.717. The number of nitrogens with one attached hydrogen (secondary N) is 2. The van der Waals surface area contributed by atoms with Gasteiger partial charge < -0.3 is 10.6 Å². The normalized spacial score (nSPS) is 25.8. The molecule has 0 aromatic rings. The van der Waals surface area contributed by atoms with E-state index in [1.54, 1.807) is 0 Å². The zero-order valence-corrected chi connectivity index (χ0v) is 11.6. The lowest BCUT2D eigenvalue weighted by Gasteiger charge is -2.22. The Morgan fingerprint density at radius 3 is 2.65 bits per heavy atom. The summed E-state index contributed by atoms with van der Waals surface area (Å²) in [4.78, 5) is 12.2. The van der Waals surface area contributed by atoms with Crippen LogP contribution in [0.3, 0.4) is 0 Å². The fraction of sp³-hybridized carbons (Fsp3) is 0.929. The van der Waals surface area contributed by atoms with E-state index in [-0.39, 0.29) is 11.8 Å². The van der Waals surface area contributed by atoms with E-state index in [0.29, 0.717) is 12.1 Å². The molecule has 17 heavy (non-hydrogen) atoms. The molecular formula is C14H28N2O. The average molecular weight is 240 g/mol. The van der Waals surface area contributed by atoms with Gasteiger partial charge in [0.25, 0.3) is 0 Å². The highest BCUT2D eigenvalue weighted by Gasteiger charge is 2.30. The van der Waals surface area contributed by atoms with Crippen LogP contribution in [0.1, 0.15) is 59.3 Å². The molecule has 1 saturated heterocycles. The molecule has 1 rings (SSSR count). The third kappa shape index (κ3) is 4.66. The van der Waals surface area contributed by atoms with Crippen LogP contribution in [0.4, 0.5) is 0 Å². The molecule has 0 radical (unpaired) electrons. The Hall–Kier alpha value is -0.570. The van der Waals surface area contributed by atoms with Crippen molar-refractivity contribution in [1.29, 1.82) is 0 Å². The first-order chi connectivity index (χ1) is 8.19. The van der Waals surface area contributed by atoms with Gasteiger partial charge in [0.1, 0.15) is 0 Å². The summed E-state index contributed by atoms with van der Waals surface area (Å²) in [5.74, 6) is 0.438. The number of hydrogen-bond donors (Lipinski definition) is 2. The Balaban J connectivity index is 2.39. The van der Waals surface area contributed by atoms with E-state index in [1.807, 2.05) is 0 Å². The van der Waals surface area contributed by atoms with E-state index in [2.05, 4.69) is 31.4 Å². The Morgan fingerprint density at radius 1 is 1.35 bits per heavy atom. The van der Waals surface area contributed by atoms with Crippen molar-refractivity contribution in [3.8, 4) is 0 Å². The van der Waals surface area contributed by atoms with Gasteiger partial charge in [0.15, 0.2) is 0 Å². The van der Waals surface area contributed by atoms with Crippen LogP contribution in [0.15, 0.2) is 0 Å². The molecule has 1 aliphatic rings. The number of rotatable bonds is 7. The summed E-state index contributed by atoms with van der Waals surface area (Å²) >= 11 is 0. The lowest BCUT2D eigenvalue weighted by Crippen LogP contribution is -2.42. The topological polar surface area (TPSA) is 41.1 Å². The summed E-state index contributed by atoms with van der Waals surface area (Å²) < 4.78 is 0. The molecule has 0 aromatic heterocycles. The zero-order chi connectivity index (χ0) is 12.7. The van der Waals surface area contributed by atoms with Gasteiger partial charge in [0.2, 0.25) is 5.91 Å². The summed E-state index contributed by atoms with van der Waals surface area (Å²) in [5, 5.41) is 6.58. The first-order valence-corrected chi connectivity index (χ1v) is 7.22. The largest absolute Gasteiger partial charge is 0.353 e. The lowest BCUT2D eigenvalue weighted by molar-refractivity contribution is -0.125. The summed E-state index contributed by atoms with van der Waals surface area (Å²) in [6.07, 6.45) is 6.79. The monoisotopic (exact) mass is 240 g/mol. The summed E-state index contributed by atoms with van der Waals surface area (Å²) in [6, 6.07) is 0.726. The molecule has 3 nitrogen and oxygen atoms in total. The third-order valence-corrected chi connectivity index (χ3v) is 3.75. The summed E-state index contributed by atoms with van der Waals surface area (Å²) in [6.45, 7) is 7.48. The van der Waals surface area contributed by atoms with Crippen molar-refractivity contribution < 1.29 is 4.79 Å². The molecule has 1 fully saturated rings. The highest BCUT2D eigenvalue weighted by Crippen LogP contribution is 2.16. The van der Waals surface area contributed by atoms with Crippen LogP contribution in [-0.4, -0.2) is 24.5 Å². The first kappa shape index (κ1) is 14.5. The molecule has 2 N–H and O–H groups in total. The Labute approximate surface area is 106 Å². The second kappa shape index (κ2) is 7.70. The van der Waals surface area contributed by atoms with Crippen molar-refractivity contribution in [2.45, 2.75) is 71.4 Å². The first-order valence-electron chi connectivity index (χ1n) is 7.22. The smallest absolute Gasteiger partial charge is 0.224 e. The van der Waals surface area contributed by atoms with Gasteiger partial charge in [-0.05, 0) is 32.7 Å². The van der Waals surface area contributed by atoms with Crippen LogP contribution >= 0.6 is 0 Å². The predicted octanol–water partition coefficient (Wildman–Crippen LogP) is 2.46. The molecular weight excluding hydrogens is 212 g/mol. The molecule has 3 atom stereocenters. The standard InChI is InChI=1S/C14H28N2O/c1-4-6-8-12(7-5-2)16-14(17)13-9-10-15-11(13)3/h11-13,15H,4-10H2,1-3H3,(H,16,17). The average Bonchev–Trinajstić information content (AvgIpc) is 2.72. The second-order valence-corrected chi connectivity index (χ2v) is 5.27. The Morgan fingerprint density at radius 2 is 2.12 bits per heavy atom. The molecule has 3 unspecified atom stereocenters. The van der Waals surface area contributed by atoms with E-state index < -0.39 is 0 Å². The van der Waals surface area contributed by atoms with Gasteiger partial charge in [0, 0.05) is 12.1 Å². The van der Waals surface area contributed by atoms with Crippen molar-refractivity contribution >= 4 is 5.91 Å². The summed E-state index contributed by atoms with van der Waals surface area (Å²) in [5.41, 5.74) is 0. The van der Waals surface area contributed by atoms with E-state index in [4.69, 9.17) is 0 Å². The highest BCUT2D eigenvalue weighted by atomic mass is 16.2. The van der Waals surface area contributed by atoms with Gasteiger partial charge in [-0.3, -0.25) is 4.79 Å². The Bertz CT molecular complexity index is 230. The molecule has 0 aliphatic carbocycles. The van der Waals surface area contributed by atoms with Gasteiger partial charge in [-0.15, -0.1) is 0 Å². The molecule has 100 valence electrons. The van der Waals surface area contributed by atoms with Crippen LogP contribution < -0.4 is 10.6 Å². The molecule has 1 amide bonds. The van der Waals surface area contributed by atoms with Crippen molar-refractivity contribution in [2.75, 3.05) is 6.54 Å². The highest BCUT2D eigenvalue weighted by molar-refractivity contribution is 5.80. The molecule has 0 saturated carbocycles. The lowest BCUT2D eigenvalue weighted by atomic mass is 9.99. The van der Waals surface area contributed by atoms with E-state index >= 15 is 0 Å². The minimum Gasteiger partial charge on any atom is -0.353 e. The fourth-order valence-electron chi connectivity index (χ4n) is 2.61. The SMILES string of the molecule is CCCCC(CCC)NC(=O)C1CCNC1C. The van der Waals surface area contributed by atoms with Crippen LogP contribution in [0, 0.1) is 5.92 Å². The zero-order valence-electron chi connectivity index (χ0n) is 11.6. The molecule has 1 aliphatic heterocycles. The van der Waals surface area contributed by atoms with Crippen molar-refractivity contribution in [3.63, 3.8) is 0 Å². The van der Waals surface area contributed by atoms with Crippen molar-refractivity contribution in [2.24, 2.45) is 5.92 Å². The second-order valence-electron chi connectivity index (χ2n) is 5.27. The maximum absolute atomic E-state index is 12.2.